The highest BCUT2D eigenvalue weighted by Gasteiger charge is 2.45. The van der Waals surface area contributed by atoms with Crippen molar-refractivity contribution < 1.29 is 24.7 Å². The van der Waals surface area contributed by atoms with E-state index < -0.39 is 24.0 Å². The average molecular weight is 443 g/mol. The summed E-state index contributed by atoms with van der Waals surface area (Å²) in [4.78, 5) is 40.5. The Morgan fingerprint density at radius 2 is 1.91 bits per heavy atom. The van der Waals surface area contributed by atoms with E-state index >= 15 is 0 Å². The summed E-state index contributed by atoms with van der Waals surface area (Å²) in [6.45, 7) is 1.97. The van der Waals surface area contributed by atoms with Gasteiger partial charge in [0.1, 0.15) is 0 Å². The van der Waals surface area contributed by atoms with E-state index in [1.54, 1.807) is 10.4 Å². The Morgan fingerprint density at radius 3 is 2.56 bits per heavy atom. The number of carbonyl (C=O) groups excluding carboxylic acids is 2. The molecule has 1 aromatic carbocycles. The number of likely N-dealkylation sites (tertiary alicyclic amines) is 1. The fourth-order valence-electron chi connectivity index (χ4n) is 5.36. The minimum Gasteiger partial charge on any atom is -0.465 e. The summed E-state index contributed by atoms with van der Waals surface area (Å²) in [5.41, 5.74) is 4.05. The molecule has 9 nitrogen and oxygen atoms in total. The quantitative estimate of drug-likeness (QED) is 0.415. The number of rotatable bonds is 4. The molecule has 4 rings (SSSR count). The van der Waals surface area contributed by atoms with Gasteiger partial charge in [0.05, 0.1) is 12.0 Å². The van der Waals surface area contributed by atoms with Gasteiger partial charge in [0.15, 0.2) is 0 Å². The van der Waals surface area contributed by atoms with Crippen LogP contribution in [0.15, 0.2) is 36.4 Å². The zero-order valence-electron chi connectivity index (χ0n) is 17.9. The van der Waals surface area contributed by atoms with Crippen molar-refractivity contribution in [1.82, 2.24) is 20.6 Å². The molecule has 0 bridgehead atoms. The van der Waals surface area contributed by atoms with E-state index in [2.05, 4.69) is 17.4 Å². The third-order valence-electron chi connectivity index (χ3n) is 7.03. The Kier molecular flexibility index (Phi) is 6.76. The molecule has 3 aliphatic heterocycles. The van der Waals surface area contributed by atoms with Crippen molar-refractivity contribution in [2.45, 2.75) is 37.8 Å². The maximum Gasteiger partial charge on any atom is 0.407 e. The van der Waals surface area contributed by atoms with Crippen molar-refractivity contribution in [3.63, 3.8) is 0 Å². The van der Waals surface area contributed by atoms with Gasteiger partial charge in [-0.15, -0.1) is 0 Å². The van der Waals surface area contributed by atoms with Gasteiger partial charge in [0.25, 0.3) is 0 Å². The Hall–Kier alpha value is -2.91. The molecule has 4 N–H and O–H groups in total. The topological polar surface area (TPSA) is 122 Å². The van der Waals surface area contributed by atoms with Crippen LogP contribution < -0.4 is 10.8 Å². The lowest BCUT2D eigenvalue weighted by molar-refractivity contribution is -0.144. The molecule has 0 saturated carbocycles. The third kappa shape index (κ3) is 4.49. The van der Waals surface area contributed by atoms with Crippen LogP contribution in [0.3, 0.4) is 0 Å². The van der Waals surface area contributed by atoms with Gasteiger partial charge in [-0.3, -0.25) is 14.8 Å². The lowest BCUT2D eigenvalue weighted by Gasteiger charge is -2.41. The summed E-state index contributed by atoms with van der Waals surface area (Å²) >= 11 is 0. The molecule has 3 amide bonds. The van der Waals surface area contributed by atoms with Crippen molar-refractivity contribution in [2.75, 3.05) is 26.2 Å². The summed E-state index contributed by atoms with van der Waals surface area (Å²) in [6.07, 6.45) is 3.71. The average Bonchev–Trinajstić information content (AvgIpc) is 3.34. The number of carboxylic acid groups (broad SMARTS) is 1. The zero-order valence-corrected chi connectivity index (χ0v) is 17.9. The maximum absolute atomic E-state index is 13.3. The van der Waals surface area contributed by atoms with Crippen LogP contribution in [0.4, 0.5) is 4.79 Å². The summed E-state index contributed by atoms with van der Waals surface area (Å²) in [5.74, 6) is -1.63. The van der Waals surface area contributed by atoms with E-state index in [0.29, 0.717) is 32.6 Å². The lowest BCUT2D eigenvalue weighted by Crippen LogP contribution is -2.60. The summed E-state index contributed by atoms with van der Waals surface area (Å²) < 4.78 is 0. The van der Waals surface area contributed by atoms with Gasteiger partial charge in [0, 0.05) is 32.2 Å². The number of amides is 3. The molecule has 4 atom stereocenters. The van der Waals surface area contributed by atoms with E-state index in [1.807, 2.05) is 24.3 Å². The molecule has 3 heterocycles. The Labute approximate surface area is 187 Å². The number of piperidine rings is 1. The maximum atomic E-state index is 13.3. The van der Waals surface area contributed by atoms with Crippen molar-refractivity contribution >= 4 is 23.5 Å². The zero-order chi connectivity index (χ0) is 22.7. The van der Waals surface area contributed by atoms with Gasteiger partial charge in [0.2, 0.25) is 11.8 Å². The highest BCUT2D eigenvalue weighted by Crippen LogP contribution is 2.33. The van der Waals surface area contributed by atoms with E-state index in [0.717, 1.165) is 24.8 Å². The second-order valence-electron chi connectivity index (χ2n) is 8.78. The molecule has 9 heteroatoms. The molecule has 172 valence electrons. The SMILES string of the molecule is O=C(NO)[C@H]1C[C@H](C2CCCN2C(=O)O)CN[C@@H]1C(=O)N1CC=C(c2ccccc2)CC1. The summed E-state index contributed by atoms with van der Waals surface area (Å²) in [5, 5.41) is 22.0. The smallest absolute Gasteiger partial charge is 0.407 e. The Balaban J connectivity index is 1.44. The minimum absolute atomic E-state index is 0.0918. The van der Waals surface area contributed by atoms with Gasteiger partial charge < -0.3 is 20.2 Å². The largest absolute Gasteiger partial charge is 0.465 e. The molecule has 3 aliphatic rings. The number of nitrogens with one attached hydrogen (secondary N) is 2. The molecular weight excluding hydrogens is 412 g/mol. The van der Waals surface area contributed by atoms with Gasteiger partial charge in [-0.25, -0.2) is 10.3 Å². The van der Waals surface area contributed by atoms with Crippen LogP contribution in [0.2, 0.25) is 0 Å². The fraction of sp³-hybridized carbons (Fsp3) is 0.522. The second kappa shape index (κ2) is 9.70. The number of carbonyl (C=O) groups is 3. The van der Waals surface area contributed by atoms with Crippen molar-refractivity contribution in [3.05, 3.63) is 42.0 Å². The number of nitrogens with zero attached hydrogens (tertiary/aromatic N) is 2. The van der Waals surface area contributed by atoms with Gasteiger partial charge in [-0.1, -0.05) is 36.4 Å². The van der Waals surface area contributed by atoms with Crippen LogP contribution in [0.1, 0.15) is 31.2 Å². The van der Waals surface area contributed by atoms with Crippen molar-refractivity contribution in [3.8, 4) is 0 Å². The molecule has 0 radical (unpaired) electrons. The van der Waals surface area contributed by atoms with Crippen LogP contribution in [0.5, 0.6) is 0 Å². The van der Waals surface area contributed by atoms with Crippen LogP contribution >= 0.6 is 0 Å². The first-order valence-corrected chi connectivity index (χ1v) is 11.2. The van der Waals surface area contributed by atoms with Gasteiger partial charge in [-0.05, 0) is 42.7 Å². The monoisotopic (exact) mass is 442 g/mol. The molecule has 0 spiro atoms. The molecule has 32 heavy (non-hydrogen) atoms. The number of hydrogen-bond donors (Lipinski definition) is 4. The lowest BCUT2D eigenvalue weighted by atomic mass is 9.79. The van der Waals surface area contributed by atoms with Crippen LogP contribution in [0.25, 0.3) is 5.57 Å². The second-order valence-corrected chi connectivity index (χ2v) is 8.78. The molecule has 0 aromatic heterocycles. The van der Waals surface area contributed by atoms with Crippen LogP contribution in [0, 0.1) is 11.8 Å². The van der Waals surface area contributed by atoms with Crippen molar-refractivity contribution in [1.29, 1.82) is 0 Å². The van der Waals surface area contributed by atoms with Crippen molar-refractivity contribution in [2.24, 2.45) is 11.8 Å². The van der Waals surface area contributed by atoms with E-state index in [4.69, 9.17) is 0 Å². The highest BCUT2D eigenvalue weighted by atomic mass is 16.5. The molecule has 2 fully saturated rings. The molecule has 1 aromatic rings. The predicted molar refractivity (Wildman–Crippen MR) is 117 cm³/mol. The van der Waals surface area contributed by atoms with Gasteiger partial charge >= 0.3 is 6.09 Å². The van der Waals surface area contributed by atoms with Crippen LogP contribution in [-0.2, 0) is 9.59 Å². The minimum atomic E-state index is -0.955. The first-order valence-electron chi connectivity index (χ1n) is 11.2. The predicted octanol–water partition coefficient (Wildman–Crippen LogP) is 1.54. The molecule has 2 saturated heterocycles. The van der Waals surface area contributed by atoms with E-state index in [1.165, 1.54) is 10.5 Å². The first kappa shape index (κ1) is 22.3. The fourth-order valence-corrected chi connectivity index (χ4v) is 5.36. The summed E-state index contributed by atoms with van der Waals surface area (Å²) in [6, 6.07) is 9.13. The third-order valence-corrected chi connectivity index (χ3v) is 7.03. The normalized spacial score (nSPS) is 28.2. The summed E-state index contributed by atoms with van der Waals surface area (Å²) in [7, 11) is 0. The standard InChI is InChI=1S/C23H30N4O5/c28-21(25-32)18-13-17(19-7-4-10-27(19)23(30)31)14-24-20(18)22(29)26-11-8-16(9-12-26)15-5-2-1-3-6-15/h1-3,5-6,8,17-20,24,32H,4,7,9-14H2,(H,25,28)(H,30,31)/t17-,18-,19?,20-/m0/s1. The van der Waals surface area contributed by atoms with E-state index in [-0.39, 0.29) is 17.9 Å². The first-order chi connectivity index (χ1) is 15.5. The number of hydrogen-bond acceptors (Lipinski definition) is 5. The number of hydroxylamine groups is 1. The Bertz CT molecular complexity index is 890. The Morgan fingerprint density at radius 1 is 1.12 bits per heavy atom. The highest BCUT2D eigenvalue weighted by molar-refractivity contribution is 5.90. The van der Waals surface area contributed by atoms with E-state index in [9.17, 15) is 24.7 Å². The molecule has 0 aliphatic carbocycles. The number of benzene rings is 1. The van der Waals surface area contributed by atoms with Gasteiger partial charge in [-0.2, -0.15) is 0 Å². The molecule has 1 unspecified atom stereocenters. The molecular formula is C23H30N4O5. The van der Waals surface area contributed by atoms with Crippen LogP contribution in [-0.4, -0.2) is 76.3 Å².